The van der Waals surface area contributed by atoms with Crippen LogP contribution in [0.1, 0.15) is 0 Å². The summed E-state index contributed by atoms with van der Waals surface area (Å²) in [7, 11) is 1.55. The van der Waals surface area contributed by atoms with Crippen molar-refractivity contribution in [2.45, 2.75) is 10.9 Å². The van der Waals surface area contributed by atoms with E-state index in [2.05, 4.69) is 4.89 Å². The monoisotopic (exact) mass is 234 g/mol. The minimum atomic E-state index is -0.332. The van der Waals surface area contributed by atoms with Gasteiger partial charge in [0.05, 0.1) is 11.5 Å². The Morgan fingerprint density at radius 3 is 2.73 bits per heavy atom. The first-order valence-electron chi connectivity index (χ1n) is 4.28. The number of hydrogen-bond donors (Lipinski definition) is 4. The third-order valence-electron chi connectivity index (χ3n) is 1.88. The van der Waals surface area contributed by atoms with E-state index in [1.807, 2.05) is 0 Å². The van der Waals surface area contributed by atoms with Crippen LogP contribution in [0, 0.1) is 0 Å². The van der Waals surface area contributed by atoms with Gasteiger partial charge in [-0.05, 0) is 0 Å². The molecule has 0 amide bonds. The normalized spacial score (nSPS) is 13.0. The molecule has 0 aliphatic carbocycles. The van der Waals surface area contributed by atoms with Crippen molar-refractivity contribution in [3.63, 3.8) is 0 Å². The zero-order valence-electron chi connectivity index (χ0n) is 8.25. The molecule has 1 aromatic heterocycles. The molecule has 0 spiro atoms. The summed E-state index contributed by atoms with van der Waals surface area (Å²) in [5.41, 5.74) is 5.57. The van der Waals surface area contributed by atoms with Crippen LogP contribution in [0.25, 0.3) is 0 Å². The summed E-state index contributed by atoms with van der Waals surface area (Å²) in [5, 5.41) is 27.0. The molecule has 0 saturated heterocycles. The average Bonchev–Trinajstić information content (AvgIpc) is 2.43. The Bertz CT molecular complexity index is 329. The van der Waals surface area contributed by atoms with Crippen LogP contribution in [-0.2, 0) is 11.9 Å². The lowest BCUT2D eigenvalue weighted by molar-refractivity contribution is -0.244. The molecule has 0 radical (unpaired) electrons. The van der Waals surface area contributed by atoms with Crippen molar-refractivity contribution in [2.24, 2.45) is 12.8 Å². The topological polar surface area (TPSA) is 101 Å². The molecule has 1 atom stereocenters. The summed E-state index contributed by atoms with van der Waals surface area (Å²) in [6, 6.07) is 1.12. The molecule has 6 nitrogen and oxygen atoms in total. The van der Waals surface area contributed by atoms with E-state index in [1.165, 1.54) is 22.4 Å². The minimum absolute atomic E-state index is 0.00498. The Morgan fingerprint density at radius 1 is 1.60 bits per heavy atom. The highest BCUT2D eigenvalue weighted by atomic mass is 32.2. The Kier molecular flexibility index (Phi) is 4.28. The molecule has 0 aliphatic heterocycles. The van der Waals surface area contributed by atoms with E-state index in [0.29, 0.717) is 10.6 Å². The van der Waals surface area contributed by atoms with E-state index >= 15 is 0 Å². The van der Waals surface area contributed by atoms with E-state index in [-0.39, 0.29) is 24.4 Å². The van der Waals surface area contributed by atoms with Crippen LogP contribution in [0.4, 0.5) is 0 Å². The predicted octanol–water partition coefficient (Wildman–Crippen LogP) is 0.345. The van der Waals surface area contributed by atoms with Crippen LogP contribution < -0.4 is 5.73 Å². The standard InChI is InChI=1S/C8H14N2O4S/c1-10-7(11)2-6(8(10)12)15-4-5(9)3-14-13/h2,5,11-13H,3-4,9H2,1H3/t5-/m1/s1. The van der Waals surface area contributed by atoms with Gasteiger partial charge in [-0.1, -0.05) is 0 Å². The summed E-state index contributed by atoms with van der Waals surface area (Å²) < 4.78 is 1.26. The summed E-state index contributed by atoms with van der Waals surface area (Å²) in [5.74, 6) is 0.453. The molecular weight excluding hydrogens is 220 g/mol. The van der Waals surface area contributed by atoms with Crippen LogP contribution >= 0.6 is 11.8 Å². The quantitative estimate of drug-likeness (QED) is 0.333. The predicted molar refractivity (Wildman–Crippen MR) is 56.0 cm³/mol. The smallest absolute Gasteiger partial charge is 0.207 e. The van der Waals surface area contributed by atoms with Gasteiger partial charge in [-0.3, -0.25) is 9.82 Å². The van der Waals surface area contributed by atoms with Gasteiger partial charge in [-0.15, -0.1) is 11.8 Å². The molecule has 0 fully saturated rings. The van der Waals surface area contributed by atoms with E-state index < -0.39 is 0 Å². The van der Waals surface area contributed by atoms with Gasteiger partial charge >= 0.3 is 0 Å². The van der Waals surface area contributed by atoms with Crippen LogP contribution in [0.3, 0.4) is 0 Å². The average molecular weight is 234 g/mol. The fourth-order valence-electron chi connectivity index (χ4n) is 0.999. The summed E-state index contributed by atoms with van der Waals surface area (Å²) in [6.07, 6.45) is 0. The fraction of sp³-hybridized carbons (Fsp3) is 0.500. The SMILES string of the molecule is Cn1c(O)cc(SC[C@H](N)COO)c1O. The lowest BCUT2D eigenvalue weighted by Gasteiger charge is -2.07. The third kappa shape index (κ3) is 3.03. The maximum absolute atomic E-state index is 9.52. The van der Waals surface area contributed by atoms with Crippen LogP contribution in [0.15, 0.2) is 11.0 Å². The molecule has 1 rings (SSSR count). The second-order valence-electron chi connectivity index (χ2n) is 3.12. The zero-order chi connectivity index (χ0) is 11.4. The van der Waals surface area contributed by atoms with Crippen LogP contribution in [0.2, 0.25) is 0 Å². The highest BCUT2D eigenvalue weighted by Crippen LogP contribution is 2.34. The molecule has 86 valence electrons. The Labute approximate surface area is 91.2 Å². The number of nitrogens with two attached hydrogens (primary N) is 1. The highest BCUT2D eigenvalue weighted by molar-refractivity contribution is 7.99. The Morgan fingerprint density at radius 2 is 2.27 bits per heavy atom. The van der Waals surface area contributed by atoms with Crippen molar-refractivity contribution in [2.75, 3.05) is 12.4 Å². The van der Waals surface area contributed by atoms with Gasteiger partial charge in [0.15, 0.2) is 5.88 Å². The minimum Gasteiger partial charge on any atom is -0.494 e. The molecule has 5 N–H and O–H groups in total. The maximum atomic E-state index is 9.52. The highest BCUT2D eigenvalue weighted by Gasteiger charge is 2.12. The van der Waals surface area contributed by atoms with E-state index in [1.54, 1.807) is 7.05 Å². The number of aromatic hydroxyl groups is 2. The Balaban J connectivity index is 2.54. The summed E-state index contributed by atoms with van der Waals surface area (Å²) in [6.45, 7) is 0.0343. The summed E-state index contributed by atoms with van der Waals surface area (Å²) in [4.78, 5) is 4.44. The molecule has 15 heavy (non-hydrogen) atoms. The first-order chi connectivity index (χ1) is 7.06. The van der Waals surface area contributed by atoms with Gasteiger partial charge in [-0.25, -0.2) is 4.89 Å². The molecule has 0 aromatic carbocycles. The van der Waals surface area contributed by atoms with Crippen molar-refractivity contribution in [3.8, 4) is 11.8 Å². The molecule has 0 bridgehead atoms. The first kappa shape index (κ1) is 12.2. The second kappa shape index (κ2) is 5.26. The number of hydrogen-bond acceptors (Lipinski definition) is 6. The van der Waals surface area contributed by atoms with E-state index in [9.17, 15) is 10.2 Å². The van der Waals surface area contributed by atoms with Gasteiger partial charge in [-0.2, -0.15) is 0 Å². The molecule has 0 saturated carbocycles. The van der Waals surface area contributed by atoms with Crippen LogP contribution in [0.5, 0.6) is 11.8 Å². The third-order valence-corrected chi connectivity index (χ3v) is 3.09. The molecule has 0 unspecified atom stereocenters. The largest absolute Gasteiger partial charge is 0.494 e. The van der Waals surface area contributed by atoms with Gasteiger partial charge < -0.3 is 15.9 Å². The van der Waals surface area contributed by atoms with Gasteiger partial charge in [0, 0.05) is 24.9 Å². The lowest BCUT2D eigenvalue weighted by Crippen LogP contribution is -2.28. The first-order valence-corrected chi connectivity index (χ1v) is 5.27. The van der Waals surface area contributed by atoms with Gasteiger partial charge in [0.1, 0.15) is 0 Å². The van der Waals surface area contributed by atoms with E-state index in [0.717, 1.165) is 0 Å². The molecule has 1 aromatic rings. The zero-order valence-corrected chi connectivity index (χ0v) is 9.07. The molecule has 1 heterocycles. The number of nitrogens with zero attached hydrogens (tertiary/aromatic N) is 1. The molecule has 0 aliphatic rings. The number of rotatable bonds is 5. The molecular formula is C8H14N2O4S. The second-order valence-corrected chi connectivity index (χ2v) is 4.18. The lowest BCUT2D eigenvalue weighted by atomic mass is 10.4. The van der Waals surface area contributed by atoms with Crippen molar-refractivity contribution < 1.29 is 20.4 Å². The van der Waals surface area contributed by atoms with Gasteiger partial charge in [0.2, 0.25) is 5.88 Å². The summed E-state index contributed by atoms with van der Waals surface area (Å²) >= 11 is 1.28. The van der Waals surface area contributed by atoms with Crippen molar-refractivity contribution in [1.82, 2.24) is 4.57 Å². The maximum Gasteiger partial charge on any atom is 0.207 e. The Hall–Kier alpha value is -0.890. The molecule has 7 heteroatoms. The van der Waals surface area contributed by atoms with Crippen molar-refractivity contribution in [1.29, 1.82) is 0 Å². The van der Waals surface area contributed by atoms with Crippen molar-refractivity contribution >= 4 is 11.8 Å². The van der Waals surface area contributed by atoms with Crippen molar-refractivity contribution in [3.05, 3.63) is 6.07 Å². The fourth-order valence-corrected chi connectivity index (χ4v) is 1.94. The van der Waals surface area contributed by atoms with Gasteiger partial charge in [0.25, 0.3) is 0 Å². The van der Waals surface area contributed by atoms with Crippen LogP contribution in [-0.4, -0.2) is 38.4 Å². The van der Waals surface area contributed by atoms with E-state index in [4.69, 9.17) is 11.0 Å². The number of thioether (sulfide) groups is 1. The number of aromatic nitrogens is 1.